The maximum absolute atomic E-state index is 5.62. The molecule has 0 saturated carbocycles. The van der Waals surface area contributed by atoms with Gasteiger partial charge in [-0.25, -0.2) is 3.11 Å². The van der Waals surface area contributed by atoms with Crippen LogP contribution in [0, 0.1) is 0 Å². The predicted octanol–water partition coefficient (Wildman–Crippen LogP) is 3.70. The van der Waals surface area contributed by atoms with Crippen LogP contribution in [0.2, 0.25) is 0 Å². The number of rotatable bonds is 2. The normalized spacial score (nSPS) is 18.1. The zero-order valence-corrected chi connectivity index (χ0v) is 11.3. The Labute approximate surface area is 105 Å². The molecular formula is C12H16INO. The molecule has 15 heavy (non-hydrogen) atoms. The molecule has 2 nitrogen and oxygen atoms in total. The Hall–Kier alpha value is -0.290. The minimum Gasteiger partial charge on any atom is -0.477 e. The third kappa shape index (κ3) is 2.45. The fourth-order valence-electron chi connectivity index (χ4n) is 1.78. The lowest BCUT2D eigenvalue weighted by molar-refractivity contribution is 0.195. The molecule has 0 radical (unpaired) electrons. The van der Waals surface area contributed by atoms with E-state index in [-0.39, 0.29) is 0 Å². The molecule has 0 aliphatic carbocycles. The zero-order chi connectivity index (χ0) is 10.8. The maximum atomic E-state index is 5.62. The van der Waals surface area contributed by atoms with E-state index in [0.29, 0.717) is 12.6 Å². The Morgan fingerprint density at radius 2 is 2.33 bits per heavy atom. The van der Waals surface area contributed by atoms with E-state index in [1.807, 2.05) is 0 Å². The van der Waals surface area contributed by atoms with Crippen molar-refractivity contribution in [2.45, 2.75) is 32.7 Å². The minimum absolute atomic E-state index is 0.639. The molecule has 1 heterocycles. The summed E-state index contributed by atoms with van der Waals surface area (Å²) in [6, 6.07) is 6.59. The molecular weight excluding hydrogens is 301 g/mol. The Morgan fingerprint density at radius 3 is 3.07 bits per heavy atom. The van der Waals surface area contributed by atoms with Gasteiger partial charge in [0, 0.05) is 35.0 Å². The second-order valence-electron chi connectivity index (χ2n) is 4.07. The summed E-state index contributed by atoms with van der Waals surface area (Å²) in [5.74, 6) is 1.69. The summed E-state index contributed by atoms with van der Waals surface area (Å²) in [6.45, 7) is 6.18. The van der Waals surface area contributed by atoms with Crippen molar-refractivity contribution in [3.05, 3.63) is 29.3 Å². The molecule has 1 aromatic carbocycles. The number of ether oxygens (including phenoxy) is 1. The number of nitrogens with zero attached hydrogens (tertiary/aromatic N) is 1. The van der Waals surface area contributed by atoms with Crippen molar-refractivity contribution in [2.24, 2.45) is 0 Å². The Kier molecular flexibility index (Phi) is 3.51. The first-order chi connectivity index (χ1) is 7.20. The molecule has 2 rings (SSSR count). The molecule has 0 fully saturated rings. The maximum Gasteiger partial charge on any atom is 0.150 e. The molecule has 3 heteroatoms. The van der Waals surface area contributed by atoms with E-state index >= 15 is 0 Å². The highest BCUT2D eigenvalue weighted by Gasteiger charge is 2.16. The van der Waals surface area contributed by atoms with Crippen LogP contribution in [0.15, 0.2) is 18.2 Å². The Bertz CT molecular complexity index is 353. The lowest BCUT2D eigenvalue weighted by Gasteiger charge is -2.25. The lowest BCUT2D eigenvalue weighted by Crippen LogP contribution is -2.23. The van der Waals surface area contributed by atoms with Crippen molar-refractivity contribution in [1.82, 2.24) is 3.11 Å². The van der Waals surface area contributed by atoms with E-state index in [1.165, 1.54) is 17.5 Å². The van der Waals surface area contributed by atoms with Gasteiger partial charge in [-0.3, -0.25) is 0 Å². The van der Waals surface area contributed by atoms with Gasteiger partial charge in [-0.1, -0.05) is 26.0 Å². The number of fused-ring (bicyclic) bond motifs is 1. The van der Waals surface area contributed by atoms with E-state index in [4.69, 9.17) is 4.74 Å². The molecule has 1 atom stereocenters. The number of hydrogen-bond donors (Lipinski definition) is 0. The van der Waals surface area contributed by atoms with Crippen LogP contribution in [0.5, 0.6) is 5.75 Å². The molecule has 0 amide bonds. The van der Waals surface area contributed by atoms with Crippen molar-refractivity contribution in [1.29, 1.82) is 0 Å². The predicted molar refractivity (Wildman–Crippen MR) is 70.2 cm³/mol. The highest BCUT2D eigenvalue weighted by Crippen LogP contribution is 2.30. The number of hydrogen-bond acceptors (Lipinski definition) is 2. The zero-order valence-electron chi connectivity index (χ0n) is 9.16. The van der Waals surface area contributed by atoms with Gasteiger partial charge in [0.05, 0.1) is 0 Å². The third-order valence-electron chi connectivity index (χ3n) is 2.97. The van der Waals surface area contributed by atoms with Crippen molar-refractivity contribution in [3.8, 4) is 5.75 Å². The quantitative estimate of drug-likeness (QED) is 0.609. The summed E-state index contributed by atoms with van der Waals surface area (Å²) in [6.07, 6.45) is 1.19. The fourth-order valence-corrected chi connectivity index (χ4v) is 2.28. The van der Waals surface area contributed by atoms with E-state index in [1.54, 1.807) is 0 Å². The Balaban J connectivity index is 2.28. The molecule has 0 saturated heterocycles. The van der Waals surface area contributed by atoms with Gasteiger partial charge >= 0.3 is 0 Å². The smallest absolute Gasteiger partial charge is 0.150 e. The van der Waals surface area contributed by atoms with Crippen molar-refractivity contribution in [3.63, 3.8) is 0 Å². The SMILES string of the molecule is CCC(C)c1ccc2c(c1)CN(I)CO2. The summed E-state index contributed by atoms with van der Waals surface area (Å²) in [4.78, 5) is 0. The first-order valence-corrected chi connectivity index (χ1v) is 6.33. The van der Waals surface area contributed by atoms with Crippen LogP contribution in [-0.4, -0.2) is 9.84 Å². The highest BCUT2D eigenvalue weighted by atomic mass is 127. The highest BCUT2D eigenvalue weighted by molar-refractivity contribution is 14.1. The van der Waals surface area contributed by atoms with Crippen LogP contribution in [-0.2, 0) is 6.54 Å². The van der Waals surface area contributed by atoms with Crippen LogP contribution in [0.4, 0.5) is 0 Å². The molecule has 1 unspecified atom stereocenters. The topological polar surface area (TPSA) is 12.5 Å². The standard InChI is InChI=1S/C12H16INO/c1-3-9(2)10-4-5-12-11(6-10)7-14(13)8-15-12/h4-6,9H,3,7-8H2,1-2H3. The first kappa shape index (κ1) is 11.2. The molecule has 0 N–H and O–H groups in total. The summed E-state index contributed by atoms with van der Waals surface area (Å²) >= 11 is 2.30. The van der Waals surface area contributed by atoms with E-state index in [9.17, 15) is 0 Å². The van der Waals surface area contributed by atoms with Gasteiger partial charge < -0.3 is 4.74 Å². The minimum atomic E-state index is 0.639. The molecule has 0 spiro atoms. The third-order valence-corrected chi connectivity index (χ3v) is 3.59. The number of benzene rings is 1. The van der Waals surface area contributed by atoms with Gasteiger partial charge in [-0.2, -0.15) is 0 Å². The van der Waals surface area contributed by atoms with Crippen LogP contribution in [0.1, 0.15) is 37.3 Å². The van der Waals surface area contributed by atoms with Gasteiger partial charge in [0.15, 0.2) is 6.73 Å². The molecule has 1 aromatic rings. The van der Waals surface area contributed by atoms with Gasteiger partial charge in [0.25, 0.3) is 0 Å². The summed E-state index contributed by atoms with van der Waals surface area (Å²) in [5, 5.41) is 0. The second kappa shape index (κ2) is 4.70. The monoisotopic (exact) mass is 317 g/mol. The largest absolute Gasteiger partial charge is 0.477 e. The van der Waals surface area contributed by atoms with Gasteiger partial charge in [0.1, 0.15) is 5.75 Å². The summed E-state index contributed by atoms with van der Waals surface area (Å²) in [5.41, 5.74) is 2.74. The number of halogens is 1. The summed E-state index contributed by atoms with van der Waals surface area (Å²) in [7, 11) is 0. The first-order valence-electron chi connectivity index (χ1n) is 5.37. The van der Waals surface area contributed by atoms with Gasteiger partial charge in [0.2, 0.25) is 0 Å². The molecule has 82 valence electrons. The molecule has 1 aliphatic rings. The van der Waals surface area contributed by atoms with Crippen LogP contribution >= 0.6 is 22.9 Å². The summed E-state index contributed by atoms with van der Waals surface area (Å²) < 4.78 is 7.78. The average Bonchev–Trinajstić information content (AvgIpc) is 2.27. The van der Waals surface area contributed by atoms with Crippen molar-refractivity contribution >= 4 is 22.9 Å². The molecule has 0 bridgehead atoms. The average molecular weight is 317 g/mol. The molecule has 0 aromatic heterocycles. The van der Waals surface area contributed by atoms with Gasteiger partial charge in [-0.05, 0) is 24.0 Å². The van der Waals surface area contributed by atoms with Gasteiger partial charge in [-0.15, -0.1) is 0 Å². The lowest BCUT2D eigenvalue weighted by atomic mass is 9.96. The van der Waals surface area contributed by atoms with Crippen LogP contribution in [0.3, 0.4) is 0 Å². The van der Waals surface area contributed by atoms with Crippen molar-refractivity contribution in [2.75, 3.05) is 6.73 Å². The van der Waals surface area contributed by atoms with Crippen LogP contribution in [0.25, 0.3) is 0 Å². The van der Waals surface area contributed by atoms with Crippen LogP contribution < -0.4 is 4.74 Å². The fraction of sp³-hybridized carbons (Fsp3) is 0.500. The molecule has 1 aliphatic heterocycles. The van der Waals surface area contributed by atoms with Crippen molar-refractivity contribution < 1.29 is 4.74 Å². The second-order valence-corrected chi connectivity index (χ2v) is 5.44. The Morgan fingerprint density at radius 1 is 1.53 bits per heavy atom. The van der Waals surface area contributed by atoms with E-state index in [2.05, 4.69) is 58.0 Å². The van der Waals surface area contributed by atoms with E-state index < -0.39 is 0 Å². The van der Waals surface area contributed by atoms with E-state index in [0.717, 1.165) is 12.3 Å².